The van der Waals surface area contributed by atoms with E-state index in [1.165, 1.54) is 0 Å². The van der Waals surface area contributed by atoms with Crippen molar-refractivity contribution in [2.75, 3.05) is 6.61 Å². The second-order valence-electron chi connectivity index (χ2n) is 5.88. The fraction of sp³-hybridized carbons (Fsp3) is 0.714. The van der Waals surface area contributed by atoms with Gasteiger partial charge in [-0.15, -0.1) is 0 Å². The quantitative estimate of drug-likeness (QED) is 0.779. The molecule has 0 aliphatic heterocycles. The Morgan fingerprint density at radius 3 is 2.56 bits per heavy atom. The van der Waals surface area contributed by atoms with Gasteiger partial charge in [0.25, 0.3) is 0 Å². The summed E-state index contributed by atoms with van der Waals surface area (Å²) >= 11 is 0. The molecule has 0 aromatic heterocycles. The molecule has 1 N–H and O–H groups in total. The first-order chi connectivity index (χ1) is 8.41. The third-order valence-corrected chi connectivity index (χ3v) is 3.95. The molecule has 3 unspecified atom stereocenters. The van der Waals surface area contributed by atoms with E-state index in [9.17, 15) is 14.7 Å². The van der Waals surface area contributed by atoms with Crippen molar-refractivity contribution in [2.45, 2.75) is 33.6 Å². The second kappa shape index (κ2) is 4.75. The minimum absolute atomic E-state index is 0.0455. The van der Waals surface area contributed by atoms with E-state index in [1.54, 1.807) is 0 Å². The van der Waals surface area contributed by atoms with Crippen molar-refractivity contribution < 1.29 is 19.4 Å². The summed E-state index contributed by atoms with van der Waals surface area (Å²) in [6.45, 7) is 6.35. The summed E-state index contributed by atoms with van der Waals surface area (Å²) in [6.07, 6.45) is 1.68. The van der Waals surface area contributed by atoms with E-state index in [4.69, 9.17) is 4.74 Å². The lowest BCUT2D eigenvalue weighted by Crippen LogP contribution is -2.24. The van der Waals surface area contributed by atoms with Gasteiger partial charge in [0.05, 0.1) is 17.8 Å². The normalized spacial score (nSPS) is 30.1. The molecule has 1 fully saturated rings. The van der Waals surface area contributed by atoms with Crippen LogP contribution in [0.1, 0.15) is 33.6 Å². The highest BCUT2D eigenvalue weighted by Crippen LogP contribution is 2.52. The predicted octanol–water partition coefficient (Wildman–Crippen LogP) is 2.24. The molecule has 0 aromatic rings. The molecule has 18 heavy (non-hydrogen) atoms. The molecule has 0 heterocycles. The number of carbonyl (C=O) groups is 2. The van der Waals surface area contributed by atoms with E-state index in [-0.39, 0.29) is 17.8 Å². The molecule has 0 spiro atoms. The molecule has 100 valence electrons. The smallest absolute Gasteiger partial charge is 0.334 e. The summed E-state index contributed by atoms with van der Waals surface area (Å²) in [5.74, 6) is -0.588. The van der Waals surface area contributed by atoms with Crippen LogP contribution in [-0.2, 0) is 14.3 Å². The second-order valence-corrected chi connectivity index (χ2v) is 5.88. The minimum atomic E-state index is -0.953. The zero-order chi connectivity index (χ0) is 13.4. The first-order valence-corrected chi connectivity index (χ1v) is 6.56. The van der Waals surface area contributed by atoms with Crippen molar-refractivity contribution in [3.05, 3.63) is 11.1 Å². The average Bonchev–Trinajstić information content (AvgIpc) is 2.81. The highest BCUT2D eigenvalue weighted by Gasteiger charge is 2.48. The highest BCUT2D eigenvalue weighted by atomic mass is 16.5. The molecule has 2 aliphatic rings. The fourth-order valence-electron chi connectivity index (χ4n) is 3.18. The lowest BCUT2D eigenvalue weighted by Gasteiger charge is -2.21. The summed E-state index contributed by atoms with van der Waals surface area (Å²) in [5, 5.41) is 9.25. The van der Waals surface area contributed by atoms with Gasteiger partial charge in [0, 0.05) is 0 Å². The Labute approximate surface area is 107 Å². The van der Waals surface area contributed by atoms with E-state index < -0.39 is 11.9 Å². The van der Waals surface area contributed by atoms with Gasteiger partial charge in [-0.1, -0.05) is 20.8 Å². The van der Waals surface area contributed by atoms with Gasteiger partial charge in [-0.05, 0) is 36.5 Å². The molecule has 0 aromatic carbocycles. The standard InChI is InChI=1S/C14H20O4/c1-7(2)6-18-14(17)12-10-5-9(4-8(10)3)11(12)13(15)16/h7-10H,4-6H2,1-3H3,(H,15,16). The SMILES string of the molecule is CC(C)COC(=O)C1=C(C(=O)O)C2CC(C)C1C2. The van der Waals surface area contributed by atoms with Crippen LogP contribution in [0.25, 0.3) is 0 Å². The van der Waals surface area contributed by atoms with Gasteiger partial charge in [0.15, 0.2) is 0 Å². The Morgan fingerprint density at radius 1 is 1.33 bits per heavy atom. The van der Waals surface area contributed by atoms with Crippen molar-refractivity contribution in [3.8, 4) is 0 Å². The van der Waals surface area contributed by atoms with Gasteiger partial charge >= 0.3 is 11.9 Å². The first-order valence-electron chi connectivity index (χ1n) is 6.56. The molecule has 4 nitrogen and oxygen atoms in total. The maximum atomic E-state index is 12.1. The van der Waals surface area contributed by atoms with Gasteiger partial charge in [-0.3, -0.25) is 0 Å². The monoisotopic (exact) mass is 252 g/mol. The summed E-state index contributed by atoms with van der Waals surface area (Å²) in [5.41, 5.74) is 0.749. The molecule has 1 saturated carbocycles. The maximum absolute atomic E-state index is 12.1. The molecule has 0 amide bonds. The Bertz CT molecular complexity index is 408. The summed E-state index contributed by atoms with van der Waals surface area (Å²) in [4.78, 5) is 23.3. The van der Waals surface area contributed by atoms with E-state index in [0.717, 1.165) is 12.8 Å². The molecule has 0 radical (unpaired) electrons. The molecular weight excluding hydrogens is 232 g/mol. The van der Waals surface area contributed by atoms with Crippen LogP contribution in [0.5, 0.6) is 0 Å². The van der Waals surface area contributed by atoms with E-state index in [2.05, 4.69) is 6.92 Å². The summed E-state index contributed by atoms with van der Waals surface area (Å²) < 4.78 is 5.21. The number of aliphatic carboxylic acids is 1. The topological polar surface area (TPSA) is 63.6 Å². The van der Waals surface area contributed by atoms with Gasteiger partial charge in [-0.25, -0.2) is 9.59 Å². The average molecular weight is 252 g/mol. The van der Waals surface area contributed by atoms with Crippen molar-refractivity contribution in [3.63, 3.8) is 0 Å². The van der Waals surface area contributed by atoms with E-state index in [1.807, 2.05) is 13.8 Å². The number of esters is 1. The number of fused-ring (bicyclic) bond motifs is 2. The van der Waals surface area contributed by atoms with Gasteiger partial charge < -0.3 is 9.84 Å². The number of carboxylic acid groups (broad SMARTS) is 1. The van der Waals surface area contributed by atoms with Crippen LogP contribution in [0.3, 0.4) is 0 Å². The Hall–Kier alpha value is -1.32. The van der Waals surface area contributed by atoms with E-state index in [0.29, 0.717) is 23.7 Å². The Balaban J connectivity index is 2.22. The van der Waals surface area contributed by atoms with E-state index >= 15 is 0 Å². The molecule has 4 heteroatoms. The van der Waals surface area contributed by atoms with Crippen molar-refractivity contribution in [1.29, 1.82) is 0 Å². The van der Waals surface area contributed by atoms with Crippen LogP contribution in [0.4, 0.5) is 0 Å². The summed E-state index contributed by atoms with van der Waals surface area (Å²) in [7, 11) is 0. The molecule has 2 bridgehead atoms. The van der Waals surface area contributed by atoms with Crippen molar-refractivity contribution >= 4 is 11.9 Å². The number of hydrogen-bond acceptors (Lipinski definition) is 3. The Morgan fingerprint density at radius 2 is 2.00 bits per heavy atom. The Kier molecular flexibility index (Phi) is 3.46. The third-order valence-electron chi connectivity index (χ3n) is 3.95. The minimum Gasteiger partial charge on any atom is -0.478 e. The number of carbonyl (C=O) groups excluding carboxylic acids is 1. The van der Waals surface area contributed by atoms with Gasteiger partial charge in [-0.2, -0.15) is 0 Å². The maximum Gasteiger partial charge on any atom is 0.334 e. The van der Waals surface area contributed by atoms with Crippen molar-refractivity contribution in [2.24, 2.45) is 23.7 Å². The molecular formula is C14H20O4. The number of hydrogen-bond donors (Lipinski definition) is 1. The number of ether oxygens (including phenoxy) is 1. The van der Waals surface area contributed by atoms with Crippen LogP contribution in [0.15, 0.2) is 11.1 Å². The van der Waals surface area contributed by atoms with Gasteiger partial charge in [0.2, 0.25) is 0 Å². The number of rotatable bonds is 4. The predicted molar refractivity (Wildman–Crippen MR) is 65.8 cm³/mol. The van der Waals surface area contributed by atoms with Crippen molar-refractivity contribution in [1.82, 2.24) is 0 Å². The molecule has 2 aliphatic carbocycles. The third kappa shape index (κ3) is 2.16. The van der Waals surface area contributed by atoms with Crippen LogP contribution in [0.2, 0.25) is 0 Å². The lowest BCUT2D eigenvalue weighted by molar-refractivity contribution is -0.142. The number of carboxylic acids is 1. The fourth-order valence-corrected chi connectivity index (χ4v) is 3.18. The summed E-state index contributed by atoms with van der Waals surface area (Å²) in [6, 6.07) is 0. The van der Waals surface area contributed by atoms with Crippen LogP contribution < -0.4 is 0 Å². The lowest BCUT2D eigenvalue weighted by atomic mass is 9.84. The largest absolute Gasteiger partial charge is 0.478 e. The zero-order valence-electron chi connectivity index (χ0n) is 11.1. The molecule has 2 rings (SSSR count). The highest BCUT2D eigenvalue weighted by molar-refractivity contribution is 6.01. The molecule has 3 atom stereocenters. The van der Waals surface area contributed by atoms with Crippen LogP contribution in [-0.4, -0.2) is 23.7 Å². The van der Waals surface area contributed by atoms with Crippen LogP contribution in [0, 0.1) is 23.7 Å². The van der Waals surface area contributed by atoms with Crippen LogP contribution >= 0.6 is 0 Å². The van der Waals surface area contributed by atoms with Gasteiger partial charge in [0.1, 0.15) is 0 Å². The molecule has 0 saturated heterocycles. The first kappa shape index (κ1) is 13.1. The zero-order valence-corrected chi connectivity index (χ0v) is 11.1.